The van der Waals surface area contributed by atoms with Gasteiger partial charge in [-0.3, -0.25) is 0 Å². The van der Waals surface area contributed by atoms with Gasteiger partial charge in [0.05, 0.1) is 0 Å². The number of benzene rings is 2. The number of nitrogens with zero attached hydrogens (tertiary/aromatic N) is 2. The van der Waals surface area contributed by atoms with E-state index >= 15 is 0 Å². The van der Waals surface area contributed by atoms with E-state index in [1.807, 2.05) is 48.5 Å². The summed E-state index contributed by atoms with van der Waals surface area (Å²) in [4.78, 5) is 8.47. The van der Waals surface area contributed by atoms with Crippen molar-refractivity contribution in [1.82, 2.24) is 9.97 Å². The molecule has 2 heterocycles. The molecule has 0 aliphatic heterocycles. The minimum atomic E-state index is 0.415. The number of fused-ring (bicyclic) bond motifs is 3. The molecular weight excluding hydrogens is 332 g/mol. The van der Waals surface area contributed by atoms with E-state index in [2.05, 4.69) is 25.9 Å². The van der Waals surface area contributed by atoms with E-state index in [1.165, 1.54) is 6.33 Å². The molecule has 4 nitrogen and oxygen atoms in total. The molecule has 102 valence electrons. The molecule has 0 bridgehead atoms. The average Bonchev–Trinajstić information content (AvgIpc) is 2.89. The molecule has 2 aromatic heterocycles. The average molecular weight is 341 g/mol. The number of aromatic nitrogens is 2. The number of para-hydroxylation sites is 1. The fraction of sp³-hybridized carbons (Fsp3) is 0. The van der Waals surface area contributed by atoms with Gasteiger partial charge in [-0.25, -0.2) is 4.98 Å². The third-order valence-corrected chi connectivity index (χ3v) is 3.68. The smallest absolute Gasteiger partial charge is 0.267 e. The van der Waals surface area contributed by atoms with Crippen LogP contribution in [0.3, 0.4) is 0 Å². The quantitative estimate of drug-likeness (QED) is 0.519. The van der Waals surface area contributed by atoms with Crippen molar-refractivity contribution in [3.63, 3.8) is 0 Å². The maximum Gasteiger partial charge on any atom is 0.267 e. The van der Waals surface area contributed by atoms with Crippen molar-refractivity contribution in [3.8, 4) is 11.6 Å². The number of rotatable bonds is 2. The third kappa shape index (κ3) is 2.15. The molecule has 2 aromatic carbocycles. The van der Waals surface area contributed by atoms with E-state index in [0.29, 0.717) is 17.2 Å². The van der Waals surface area contributed by atoms with Gasteiger partial charge in [0.2, 0.25) is 5.58 Å². The normalized spacial score (nSPS) is 11.1. The highest BCUT2D eigenvalue weighted by Crippen LogP contribution is 2.33. The summed E-state index contributed by atoms with van der Waals surface area (Å²) in [5, 5.41) is 0.954. The molecule has 0 unspecified atom stereocenters. The van der Waals surface area contributed by atoms with E-state index in [0.717, 1.165) is 21.0 Å². The van der Waals surface area contributed by atoms with E-state index < -0.39 is 0 Å². The zero-order valence-corrected chi connectivity index (χ0v) is 12.4. The predicted octanol–water partition coefficient (Wildman–Crippen LogP) is 4.93. The van der Waals surface area contributed by atoms with Gasteiger partial charge >= 0.3 is 0 Å². The number of furan rings is 1. The van der Waals surface area contributed by atoms with Gasteiger partial charge < -0.3 is 9.15 Å². The van der Waals surface area contributed by atoms with Crippen molar-refractivity contribution in [2.75, 3.05) is 0 Å². The fourth-order valence-electron chi connectivity index (χ4n) is 2.19. The van der Waals surface area contributed by atoms with Crippen LogP contribution < -0.4 is 4.74 Å². The molecule has 0 saturated heterocycles. The zero-order chi connectivity index (χ0) is 14.2. The molecule has 4 aromatic rings. The van der Waals surface area contributed by atoms with Crippen LogP contribution in [0.15, 0.2) is 63.7 Å². The molecule has 21 heavy (non-hydrogen) atoms. The van der Waals surface area contributed by atoms with Crippen molar-refractivity contribution in [2.24, 2.45) is 0 Å². The Bertz CT molecular complexity index is 932. The molecular formula is C16H9BrN2O2. The Morgan fingerprint density at radius 1 is 0.952 bits per heavy atom. The lowest BCUT2D eigenvalue weighted by Crippen LogP contribution is -1.89. The van der Waals surface area contributed by atoms with Crippen LogP contribution in [0.1, 0.15) is 0 Å². The van der Waals surface area contributed by atoms with Crippen LogP contribution in [0, 0.1) is 0 Å². The summed E-state index contributed by atoms with van der Waals surface area (Å²) in [5.74, 6) is 1.11. The maximum absolute atomic E-state index is 5.82. The Morgan fingerprint density at radius 3 is 2.62 bits per heavy atom. The fourth-order valence-corrected chi connectivity index (χ4v) is 2.45. The Kier molecular flexibility index (Phi) is 2.86. The van der Waals surface area contributed by atoms with Gasteiger partial charge in [-0.2, -0.15) is 4.98 Å². The third-order valence-electron chi connectivity index (χ3n) is 3.15. The minimum absolute atomic E-state index is 0.415. The van der Waals surface area contributed by atoms with Gasteiger partial charge in [-0.05, 0) is 36.4 Å². The molecule has 0 fully saturated rings. The first-order valence-corrected chi connectivity index (χ1v) is 7.16. The van der Waals surface area contributed by atoms with Crippen molar-refractivity contribution in [3.05, 3.63) is 59.3 Å². The van der Waals surface area contributed by atoms with Crippen LogP contribution in [-0.2, 0) is 0 Å². The highest BCUT2D eigenvalue weighted by Gasteiger charge is 2.14. The minimum Gasteiger partial charge on any atom is -0.449 e. The van der Waals surface area contributed by atoms with Crippen molar-refractivity contribution in [2.45, 2.75) is 0 Å². The SMILES string of the molecule is Brc1ccc(Oc2ncnc3c2oc2ccccc23)cc1. The lowest BCUT2D eigenvalue weighted by Gasteiger charge is -2.04. The van der Waals surface area contributed by atoms with Crippen LogP contribution in [-0.4, -0.2) is 9.97 Å². The number of hydrogen-bond acceptors (Lipinski definition) is 4. The number of ether oxygens (including phenoxy) is 1. The molecule has 0 N–H and O–H groups in total. The first-order valence-electron chi connectivity index (χ1n) is 6.37. The maximum atomic E-state index is 5.82. The summed E-state index contributed by atoms with van der Waals surface area (Å²) in [6.07, 6.45) is 1.48. The summed E-state index contributed by atoms with van der Waals surface area (Å²) in [6.45, 7) is 0. The summed E-state index contributed by atoms with van der Waals surface area (Å²) in [6, 6.07) is 15.3. The zero-order valence-electron chi connectivity index (χ0n) is 10.8. The molecule has 0 atom stereocenters. The van der Waals surface area contributed by atoms with Crippen LogP contribution in [0.25, 0.3) is 22.1 Å². The summed E-state index contributed by atoms with van der Waals surface area (Å²) < 4.78 is 12.6. The van der Waals surface area contributed by atoms with E-state index in [9.17, 15) is 0 Å². The predicted molar refractivity (Wildman–Crippen MR) is 83.5 cm³/mol. The van der Waals surface area contributed by atoms with Gasteiger partial charge in [0.25, 0.3) is 5.88 Å². The van der Waals surface area contributed by atoms with Crippen molar-refractivity contribution >= 4 is 38.0 Å². The van der Waals surface area contributed by atoms with Gasteiger partial charge in [-0.15, -0.1) is 0 Å². The molecule has 5 heteroatoms. The topological polar surface area (TPSA) is 48.2 Å². The van der Waals surface area contributed by atoms with Crippen LogP contribution >= 0.6 is 15.9 Å². The lowest BCUT2D eigenvalue weighted by atomic mass is 10.2. The first-order chi connectivity index (χ1) is 10.3. The van der Waals surface area contributed by atoms with Crippen molar-refractivity contribution in [1.29, 1.82) is 0 Å². The van der Waals surface area contributed by atoms with Gasteiger partial charge in [0.15, 0.2) is 0 Å². The van der Waals surface area contributed by atoms with Gasteiger partial charge in [0, 0.05) is 9.86 Å². The second kappa shape index (κ2) is 4.86. The van der Waals surface area contributed by atoms with Crippen LogP contribution in [0.4, 0.5) is 0 Å². The van der Waals surface area contributed by atoms with Crippen LogP contribution in [0.2, 0.25) is 0 Å². The highest BCUT2D eigenvalue weighted by molar-refractivity contribution is 9.10. The van der Waals surface area contributed by atoms with Crippen molar-refractivity contribution < 1.29 is 9.15 Å². The monoisotopic (exact) mass is 340 g/mol. The Balaban J connectivity index is 1.86. The second-order valence-corrected chi connectivity index (χ2v) is 5.43. The molecule has 0 amide bonds. The second-order valence-electron chi connectivity index (χ2n) is 4.51. The van der Waals surface area contributed by atoms with E-state index in [-0.39, 0.29) is 0 Å². The van der Waals surface area contributed by atoms with E-state index in [1.54, 1.807) is 0 Å². The summed E-state index contributed by atoms with van der Waals surface area (Å²) >= 11 is 3.39. The largest absolute Gasteiger partial charge is 0.449 e. The molecule has 0 radical (unpaired) electrons. The summed E-state index contributed by atoms with van der Waals surface area (Å²) in [7, 11) is 0. The molecule has 0 spiro atoms. The standard InChI is InChI=1S/C16H9BrN2O2/c17-10-5-7-11(8-6-10)20-16-15-14(18-9-19-16)12-3-1-2-4-13(12)21-15/h1-9H. The Hall–Kier alpha value is -2.40. The Morgan fingerprint density at radius 2 is 1.76 bits per heavy atom. The lowest BCUT2D eigenvalue weighted by molar-refractivity contribution is 0.456. The molecule has 0 aliphatic carbocycles. The van der Waals surface area contributed by atoms with Gasteiger partial charge in [0.1, 0.15) is 23.2 Å². The Labute approximate surface area is 128 Å². The first kappa shape index (κ1) is 12.3. The summed E-state index contributed by atoms with van der Waals surface area (Å²) in [5.41, 5.74) is 2.09. The van der Waals surface area contributed by atoms with E-state index in [4.69, 9.17) is 9.15 Å². The molecule has 4 rings (SSSR count). The van der Waals surface area contributed by atoms with Gasteiger partial charge in [-0.1, -0.05) is 28.1 Å². The van der Waals surface area contributed by atoms with Crippen LogP contribution in [0.5, 0.6) is 11.6 Å². The number of hydrogen-bond donors (Lipinski definition) is 0. The molecule has 0 aliphatic rings. The molecule has 0 saturated carbocycles. The number of halogens is 1. The highest BCUT2D eigenvalue weighted by atomic mass is 79.9.